The van der Waals surface area contributed by atoms with Crippen LogP contribution in [0.15, 0.2) is 85.2 Å². The molecule has 6 nitrogen and oxygen atoms in total. The van der Waals surface area contributed by atoms with Gasteiger partial charge in [-0.15, -0.1) is 0 Å². The Morgan fingerprint density at radius 1 is 0.865 bits per heavy atom. The van der Waals surface area contributed by atoms with E-state index in [9.17, 15) is 0 Å². The van der Waals surface area contributed by atoms with E-state index in [-0.39, 0.29) is 12.1 Å². The number of hydrogen-bond acceptors (Lipinski definition) is 4. The molecule has 2 fully saturated rings. The normalized spacial score (nSPS) is 19.8. The van der Waals surface area contributed by atoms with Gasteiger partial charge in [0.25, 0.3) is 0 Å². The molecular weight excluding hydrogens is 478 g/mol. The number of aryl methyl sites for hydroxylation is 2. The number of pyridine rings is 1. The van der Waals surface area contributed by atoms with Gasteiger partial charge in [-0.3, -0.25) is 4.98 Å². The van der Waals surface area contributed by atoms with Crippen molar-refractivity contribution < 1.29 is 4.74 Å². The fourth-order valence-electron chi connectivity index (χ4n) is 5.32. The maximum absolute atomic E-state index is 5.96. The topological polar surface area (TPSA) is 45.6 Å². The summed E-state index contributed by atoms with van der Waals surface area (Å²) in [5, 5.41) is 4.29. The molecule has 0 aliphatic carbocycles. The number of hydrogen-bond donors (Lipinski definition) is 1. The molecule has 4 heterocycles. The monoisotopic (exact) mass is 509 g/mol. The van der Waals surface area contributed by atoms with Gasteiger partial charge in [-0.2, -0.15) is 0 Å². The van der Waals surface area contributed by atoms with Gasteiger partial charge in [0.2, 0.25) is 0 Å². The number of nitrogens with zero attached hydrogens (tertiary/aromatic N) is 4. The van der Waals surface area contributed by atoms with Gasteiger partial charge in [0.05, 0.1) is 24.9 Å². The summed E-state index contributed by atoms with van der Waals surface area (Å²) >= 11 is 5.96. The lowest BCUT2D eigenvalue weighted by molar-refractivity contribution is 0.122. The fraction of sp³-hybridized carbons (Fsp3) is 0.267. The zero-order valence-corrected chi connectivity index (χ0v) is 22.0. The Morgan fingerprint density at radius 3 is 2.35 bits per heavy atom. The van der Waals surface area contributed by atoms with Crippen molar-refractivity contribution in [2.45, 2.75) is 25.9 Å². The molecule has 1 N–H and O–H groups in total. The molecule has 37 heavy (non-hydrogen) atoms. The summed E-state index contributed by atoms with van der Waals surface area (Å²) in [7, 11) is 0. The van der Waals surface area contributed by atoms with Crippen LogP contribution in [0.25, 0.3) is 5.69 Å². The predicted molar refractivity (Wildman–Crippen MR) is 153 cm³/mol. The molecule has 2 aliphatic heterocycles. The van der Waals surface area contributed by atoms with Gasteiger partial charge >= 0.3 is 0 Å². The molecule has 0 radical (unpaired) electrons. The molecule has 188 valence electrons. The van der Waals surface area contributed by atoms with E-state index in [0.717, 1.165) is 49.1 Å². The maximum atomic E-state index is 5.96. The molecule has 0 spiro atoms. The summed E-state index contributed by atoms with van der Waals surface area (Å²) in [6, 6.07) is 25.5. The fourth-order valence-corrected chi connectivity index (χ4v) is 5.67. The zero-order valence-electron chi connectivity index (χ0n) is 21.2. The van der Waals surface area contributed by atoms with Crippen LogP contribution in [0.2, 0.25) is 0 Å². The van der Waals surface area contributed by atoms with Gasteiger partial charge in [-0.05, 0) is 97.9 Å². The first-order valence-electron chi connectivity index (χ1n) is 12.8. The molecule has 0 unspecified atom stereocenters. The SMILES string of the molecule is Cc1ccc(-n2cccc2[C@@H]2[C@@H](c3ccccn3)NC(=S)N2c2ccc(N3CCOCC3)cc2)cc1C. The predicted octanol–water partition coefficient (Wildman–Crippen LogP) is 5.50. The number of anilines is 2. The number of benzene rings is 2. The standard InChI is InChI=1S/C30H31N5OS/c1-21-8-9-25(20-22(21)2)34-15-5-7-27(34)29-28(26-6-3-4-14-31-26)32-30(37)35(29)24-12-10-23(11-13-24)33-16-18-36-19-17-33/h3-15,20,28-29H,16-19H2,1-2H3,(H,32,37)/t28-,29-/m1/s1. The number of thiocarbonyl (C=S) groups is 1. The Bertz CT molecular complexity index is 1400. The Labute approximate surface area is 223 Å². The molecule has 0 bridgehead atoms. The summed E-state index contributed by atoms with van der Waals surface area (Å²) in [6.07, 6.45) is 3.98. The second kappa shape index (κ2) is 10.00. The Hall–Kier alpha value is -3.68. The van der Waals surface area contributed by atoms with E-state index >= 15 is 0 Å². The van der Waals surface area contributed by atoms with Gasteiger partial charge in [0.1, 0.15) is 6.04 Å². The highest BCUT2D eigenvalue weighted by Crippen LogP contribution is 2.42. The minimum atomic E-state index is -0.0900. The van der Waals surface area contributed by atoms with Crippen LogP contribution in [0.4, 0.5) is 11.4 Å². The van der Waals surface area contributed by atoms with E-state index in [0.29, 0.717) is 5.11 Å². The third-order valence-corrected chi connectivity index (χ3v) is 7.77. The van der Waals surface area contributed by atoms with Gasteiger partial charge < -0.3 is 24.4 Å². The van der Waals surface area contributed by atoms with Crippen LogP contribution in [0.1, 0.15) is 34.6 Å². The molecule has 0 amide bonds. The van der Waals surface area contributed by atoms with Crippen molar-refractivity contribution in [3.63, 3.8) is 0 Å². The van der Waals surface area contributed by atoms with Crippen LogP contribution in [0.3, 0.4) is 0 Å². The first kappa shape index (κ1) is 23.7. The average molecular weight is 510 g/mol. The second-order valence-corrected chi connectivity index (χ2v) is 10.1. The summed E-state index contributed by atoms with van der Waals surface area (Å²) in [6.45, 7) is 7.67. The third kappa shape index (κ3) is 4.49. The minimum Gasteiger partial charge on any atom is -0.378 e. The molecule has 2 atom stereocenters. The molecular formula is C30H31N5OS. The van der Waals surface area contributed by atoms with Crippen LogP contribution >= 0.6 is 12.2 Å². The van der Waals surface area contributed by atoms with Crippen molar-refractivity contribution in [1.29, 1.82) is 0 Å². The molecule has 2 saturated heterocycles. The Morgan fingerprint density at radius 2 is 1.62 bits per heavy atom. The van der Waals surface area contributed by atoms with E-state index in [1.165, 1.54) is 16.8 Å². The summed E-state index contributed by atoms with van der Waals surface area (Å²) in [5.41, 5.74) is 8.10. The molecule has 2 aliphatic rings. The van der Waals surface area contributed by atoms with Crippen LogP contribution in [-0.2, 0) is 4.74 Å². The highest BCUT2D eigenvalue weighted by atomic mass is 32.1. The van der Waals surface area contributed by atoms with E-state index in [4.69, 9.17) is 21.9 Å². The average Bonchev–Trinajstić information content (AvgIpc) is 3.56. The number of nitrogens with one attached hydrogen (secondary N) is 1. The van der Waals surface area contributed by atoms with E-state index in [1.54, 1.807) is 0 Å². The highest BCUT2D eigenvalue weighted by Gasteiger charge is 2.42. The van der Waals surface area contributed by atoms with Crippen molar-refractivity contribution in [3.8, 4) is 5.69 Å². The number of morpholine rings is 1. The first-order chi connectivity index (χ1) is 18.1. The van der Waals surface area contributed by atoms with Crippen molar-refractivity contribution in [2.24, 2.45) is 0 Å². The summed E-state index contributed by atoms with van der Waals surface area (Å²) in [4.78, 5) is 9.32. The quantitative estimate of drug-likeness (QED) is 0.358. The summed E-state index contributed by atoms with van der Waals surface area (Å²) in [5.74, 6) is 0. The van der Waals surface area contributed by atoms with Crippen molar-refractivity contribution in [3.05, 3.63) is 108 Å². The van der Waals surface area contributed by atoms with E-state index in [2.05, 4.69) is 100 Å². The van der Waals surface area contributed by atoms with Crippen LogP contribution in [0.5, 0.6) is 0 Å². The lowest BCUT2D eigenvalue weighted by atomic mass is 10.0. The lowest BCUT2D eigenvalue weighted by Gasteiger charge is -2.31. The van der Waals surface area contributed by atoms with Crippen molar-refractivity contribution in [2.75, 3.05) is 36.1 Å². The molecule has 4 aromatic rings. The third-order valence-electron chi connectivity index (χ3n) is 7.45. The Kier molecular flexibility index (Phi) is 6.40. The van der Waals surface area contributed by atoms with Gasteiger partial charge in [0, 0.05) is 48.2 Å². The van der Waals surface area contributed by atoms with Crippen LogP contribution < -0.4 is 15.1 Å². The highest BCUT2D eigenvalue weighted by molar-refractivity contribution is 7.80. The first-order valence-corrected chi connectivity index (χ1v) is 13.2. The maximum Gasteiger partial charge on any atom is 0.174 e. The molecule has 7 heteroatoms. The van der Waals surface area contributed by atoms with E-state index in [1.807, 2.05) is 18.3 Å². The zero-order chi connectivity index (χ0) is 25.4. The largest absolute Gasteiger partial charge is 0.378 e. The van der Waals surface area contributed by atoms with Crippen molar-refractivity contribution in [1.82, 2.24) is 14.9 Å². The van der Waals surface area contributed by atoms with Crippen LogP contribution in [-0.4, -0.2) is 41.0 Å². The molecule has 2 aromatic heterocycles. The molecule has 2 aromatic carbocycles. The number of rotatable bonds is 5. The van der Waals surface area contributed by atoms with Gasteiger partial charge in [0.15, 0.2) is 5.11 Å². The van der Waals surface area contributed by atoms with Gasteiger partial charge in [-0.1, -0.05) is 12.1 Å². The molecule has 0 saturated carbocycles. The Balaban J connectivity index is 1.42. The van der Waals surface area contributed by atoms with Gasteiger partial charge in [-0.25, -0.2) is 0 Å². The lowest BCUT2D eigenvalue weighted by Crippen LogP contribution is -2.36. The molecule has 6 rings (SSSR count). The summed E-state index contributed by atoms with van der Waals surface area (Å²) < 4.78 is 7.80. The number of ether oxygens (including phenoxy) is 1. The smallest absolute Gasteiger partial charge is 0.174 e. The van der Waals surface area contributed by atoms with Crippen molar-refractivity contribution >= 4 is 28.7 Å². The number of aromatic nitrogens is 2. The van der Waals surface area contributed by atoms with E-state index < -0.39 is 0 Å². The second-order valence-electron chi connectivity index (χ2n) is 9.68. The van der Waals surface area contributed by atoms with Crippen LogP contribution in [0, 0.1) is 13.8 Å². The minimum absolute atomic E-state index is 0.0757.